The monoisotopic (exact) mass is 250 g/mol. The molecule has 0 radical (unpaired) electrons. The van der Waals surface area contributed by atoms with E-state index in [1.807, 2.05) is 18.2 Å². The largest absolute Gasteiger partial charge is 0.383 e. The molecule has 0 unspecified atom stereocenters. The van der Waals surface area contributed by atoms with E-state index < -0.39 is 0 Å². The lowest BCUT2D eigenvalue weighted by Crippen LogP contribution is -1.97. The Morgan fingerprint density at radius 1 is 1.43 bits per heavy atom. The average molecular weight is 251 g/mol. The van der Waals surface area contributed by atoms with Crippen LogP contribution in [-0.4, -0.2) is 4.98 Å². The van der Waals surface area contributed by atoms with Crippen LogP contribution in [0.1, 0.15) is 12.5 Å². The summed E-state index contributed by atoms with van der Waals surface area (Å²) in [6, 6.07) is 8.12. The Bertz CT molecular complexity index is 480. The van der Waals surface area contributed by atoms with Crippen LogP contribution in [-0.2, 0) is 6.42 Å². The van der Waals surface area contributed by atoms with Crippen LogP contribution in [0.5, 0.6) is 0 Å². The lowest BCUT2D eigenvalue weighted by molar-refractivity contribution is 1.13. The van der Waals surface area contributed by atoms with Crippen molar-refractivity contribution in [3.63, 3.8) is 0 Å². The molecule has 1 aromatic carbocycles. The number of anilines is 1. The Morgan fingerprint density at radius 3 is 2.93 bits per heavy atom. The molecule has 3 heteroatoms. The molecule has 0 aliphatic carbocycles. The molecule has 0 amide bonds. The normalized spacial score (nSPS) is 10.7. The molecule has 72 valence electrons. The zero-order valence-electron chi connectivity index (χ0n) is 7.92. The minimum atomic E-state index is 0.631. The number of hydrogen-bond donors (Lipinski definition) is 1. The number of hydrogen-bond acceptors (Lipinski definition) is 2. The smallest absolute Gasteiger partial charge is 0.127 e. The van der Waals surface area contributed by atoms with Crippen molar-refractivity contribution >= 4 is 32.7 Å². The van der Waals surface area contributed by atoms with E-state index in [2.05, 4.69) is 33.9 Å². The molecule has 0 atom stereocenters. The summed E-state index contributed by atoms with van der Waals surface area (Å²) in [5.74, 6) is 0.631. The Morgan fingerprint density at radius 2 is 2.21 bits per heavy atom. The van der Waals surface area contributed by atoms with E-state index in [0.717, 1.165) is 27.4 Å². The maximum Gasteiger partial charge on any atom is 0.127 e. The van der Waals surface area contributed by atoms with Crippen molar-refractivity contribution in [2.45, 2.75) is 13.3 Å². The van der Waals surface area contributed by atoms with Crippen molar-refractivity contribution in [1.82, 2.24) is 4.98 Å². The number of aryl methyl sites for hydroxylation is 1. The molecule has 2 aromatic rings. The van der Waals surface area contributed by atoms with Gasteiger partial charge in [-0.05, 0) is 40.0 Å². The quantitative estimate of drug-likeness (QED) is 0.845. The number of halogens is 1. The predicted molar refractivity (Wildman–Crippen MR) is 63.2 cm³/mol. The summed E-state index contributed by atoms with van der Waals surface area (Å²) in [7, 11) is 0. The van der Waals surface area contributed by atoms with Gasteiger partial charge in [0.25, 0.3) is 0 Å². The number of pyridine rings is 1. The molecule has 0 aliphatic heterocycles. The summed E-state index contributed by atoms with van der Waals surface area (Å²) in [6.07, 6.45) is 0.918. The molecule has 0 saturated heterocycles. The molecule has 2 rings (SSSR count). The number of nitrogens with two attached hydrogens (primary N) is 1. The van der Waals surface area contributed by atoms with Crippen molar-refractivity contribution < 1.29 is 0 Å². The summed E-state index contributed by atoms with van der Waals surface area (Å²) in [4.78, 5) is 4.38. The van der Waals surface area contributed by atoms with Crippen LogP contribution in [0.2, 0.25) is 0 Å². The van der Waals surface area contributed by atoms with Crippen molar-refractivity contribution in [2.75, 3.05) is 5.73 Å². The number of rotatable bonds is 1. The van der Waals surface area contributed by atoms with Gasteiger partial charge in [-0.1, -0.05) is 19.1 Å². The molecule has 2 nitrogen and oxygen atoms in total. The predicted octanol–water partition coefficient (Wildman–Crippen LogP) is 3.14. The first kappa shape index (κ1) is 9.46. The number of nitrogens with zero attached hydrogens (tertiary/aromatic N) is 1. The van der Waals surface area contributed by atoms with Gasteiger partial charge in [-0.3, -0.25) is 0 Å². The molecule has 0 bridgehead atoms. The first-order valence-corrected chi connectivity index (χ1v) is 5.35. The minimum absolute atomic E-state index is 0.631. The Balaban J connectivity index is 2.79. The highest BCUT2D eigenvalue weighted by atomic mass is 79.9. The Hall–Kier alpha value is -1.09. The molecule has 2 N–H and O–H groups in total. The van der Waals surface area contributed by atoms with Crippen molar-refractivity contribution in [1.29, 1.82) is 0 Å². The Labute approximate surface area is 91.3 Å². The highest BCUT2D eigenvalue weighted by Gasteiger charge is 2.04. The van der Waals surface area contributed by atoms with Gasteiger partial charge < -0.3 is 5.73 Å². The topological polar surface area (TPSA) is 38.9 Å². The van der Waals surface area contributed by atoms with Crippen LogP contribution < -0.4 is 5.73 Å². The number of fused-ring (bicyclic) bond motifs is 1. The van der Waals surface area contributed by atoms with Gasteiger partial charge in [0.05, 0.1) is 5.52 Å². The van der Waals surface area contributed by atoms with E-state index >= 15 is 0 Å². The molecule has 1 heterocycles. The molecule has 0 aliphatic rings. The van der Waals surface area contributed by atoms with Gasteiger partial charge in [0.2, 0.25) is 0 Å². The van der Waals surface area contributed by atoms with Gasteiger partial charge in [-0.2, -0.15) is 0 Å². The van der Waals surface area contributed by atoms with Crippen molar-refractivity contribution in [3.8, 4) is 0 Å². The molecule has 0 spiro atoms. The van der Waals surface area contributed by atoms with E-state index in [9.17, 15) is 0 Å². The molecule has 14 heavy (non-hydrogen) atoms. The van der Waals surface area contributed by atoms with Crippen LogP contribution >= 0.6 is 15.9 Å². The third-order valence-corrected chi connectivity index (χ3v) is 2.93. The third-order valence-electron chi connectivity index (χ3n) is 2.29. The lowest BCUT2D eigenvalue weighted by Gasteiger charge is -2.05. The minimum Gasteiger partial charge on any atom is -0.383 e. The van der Waals surface area contributed by atoms with E-state index in [1.165, 1.54) is 0 Å². The molecule has 0 fully saturated rings. The average Bonchev–Trinajstić information content (AvgIpc) is 2.19. The van der Waals surface area contributed by atoms with E-state index in [0.29, 0.717) is 5.82 Å². The van der Waals surface area contributed by atoms with Gasteiger partial charge in [-0.25, -0.2) is 4.98 Å². The molecular formula is C11H11BrN2. The maximum absolute atomic E-state index is 5.83. The van der Waals surface area contributed by atoms with Crippen LogP contribution in [0.15, 0.2) is 28.7 Å². The van der Waals surface area contributed by atoms with Gasteiger partial charge >= 0.3 is 0 Å². The van der Waals surface area contributed by atoms with E-state index in [1.54, 1.807) is 0 Å². The van der Waals surface area contributed by atoms with Crippen molar-refractivity contribution in [3.05, 3.63) is 34.3 Å². The summed E-state index contributed by atoms with van der Waals surface area (Å²) >= 11 is 3.46. The number of aromatic nitrogens is 1. The van der Waals surface area contributed by atoms with Gasteiger partial charge in [0.1, 0.15) is 5.82 Å². The summed E-state index contributed by atoms with van der Waals surface area (Å²) < 4.78 is 0.990. The summed E-state index contributed by atoms with van der Waals surface area (Å²) in [5, 5.41) is 1.13. The highest BCUT2D eigenvalue weighted by Crippen LogP contribution is 2.25. The standard InChI is InChI=1S/C11H11BrN2/c1-2-7-6-8-4-3-5-9(12)10(8)14-11(7)13/h3-6H,2H2,1H3,(H2,13,14). The first-order valence-electron chi connectivity index (χ1n) is 4.56. The summed E-state index contributed by atoms with van der Waals surface area (Å²) in [6.45, 7) is 2.08. The maximum atomic E-state index is 5.83. The van der Waals surface area contributed by atoms with Crippen LogP contribution in [0.3, 0.4) is 0 Å². The van der Waals surface area contributed by atoms with Gasteiger partial charge in [0, 0.05) is 9.86 Å². The second-order valence-electron chi connectivity index (χ2n) is 3.20. The van der Waals surface area contributed by atoms with Gasteiger partial charge in [0.15, 0.2) is 0 Å². The first-order chi connectivity index (χ1) is 6.72. The number of nitrogen functional groups attached to an aromatic ring is 1. The fourth-order valence-electron chi connectivity index (χ4n) is 1.50. The zero-order chi connectivity index (χ0) is 10.1. The molecular weight excluding hydrogens is 240 g/mol. The van der Waals surface area contributed by atoms with Crippen LogP contribution in [0, 0.1) is 0 Å². The summed E-state index contributed by atoms with van der Waals surface area (Å²) in [5.41, 5.74) is 7.87. The van der Waals surface area contributed by atoms with E-state index in [4.69, 9.17) is 5.73 Å². The fraction of sp³-hybridized carbons (Fsp3) is 0.182. The lowest BCUT2D eigenvalue weighted by atomic mass is 10.1. The SMILES string of the molecule is CCc1cc2cccc(Br)c2nc1N. The van der Waals surface area contributed by atoms with Crippen molar-refractivity contribution in [2.24, 2.45) is 0 Å². The van der Waals surface area contributed by atoms with E-state index in [-0.39, 0.29) is 0 Å². The molecule has 1 aromatic heterocycles. The highest BCUT2D eigenvalue weighted by molar-refractivity contribution is 9.10. The fourth-order valence-corrected chi connectivity index (χ4v) is 1.97. The third kappa shape index (κ3) is 1.48. The van der Waals surface area contributed by atoms with Gasteiger partial charge in [-0.15, -0.1) is 0 Å². The second kappa shape index (κ2) is 3.58. The van der Waals surface area contributed by atoms with Crippen LogP contribution in [0.4, 0.5) is 5.82 Å². The zero-order valence-corrected chi connectivity index (χ0v) is 9.51. The number of benzene rings is 1. The number of para-hydroxylation sites is 1. The molecule has 0 saturated carbocycles. The Kier molecular flexibility index (Phi) is 2.42. The van der Waals surface area contributed by atoms with Crippen LogP contribution in [0.25, 0.3) is 10.9 Å². The second-order valence-corrected chi connectivity index (χ2v) is 4.05.